The fraction of sp³-hybridized carbons (Fsp3) is 0.500. The van der Waals surface area contributed by atoms with Crippen LogP contribution in [-0.2, 0) is 0 Å². The average Bonchev–Trinajstić information content (AvgIpc) is 2.28. The lowest BCUT2D eigenvalue weighted by molar-refractivity contribution is 0.0292. The SMILES string of the molecule is Oc1cccc(NCC2(O)CCCNC2)c1. The molecule has 0 amide bonds. The van der Waals surface area contributed by atoms with Crippen LogP contribution >= 0.6 is 0 Å². The topological polar surface area (TPSA) is 64.5 Å². The van der Waals surface area contributed by atoms with Gasteiger partial charge in [-0.1, -0.05) is 6.07 Å². The molecule has 16 heavy (non-hydrogen) atoms. The smallest absolute Gasteiger partial charge is 0.117 e. The summed E-state index contributed by atoms with van der Waals surface area (Å²) in [5.41, 5.74) is 0.156. The van der Waals surface area contributed by atoms with Gasteiger partial charge in [0.2, 0.25) is 0 Å². The molecule has 1 heterocycles. The van der Waals surface area contributed by atoms with Gasteiger partial charge in [-0.3, -0.25) is 0 Å². The first-order valence-corrected chi connectivity index (χ1v) is 5.64. The number of aliphatic hydroxyl groups is 1. The van der Waals surface area contributed by atoms with E-state index in [0.717, 1.165) is 25.1 Å². The molecular formula is C12H18N2O2. The number of piperidine rings is 1. The average molecular weight is 222 g/mol. The van der Waals surface area contributed by atoms with E-state index in [2.05, 4.69) is 10.6 Å². The van der Waals surface area contributed by atoms with Gasteiger partial charge in [0, 0.05) is 24.8 Å². The largest absolute Gasteiger partial charge is 0.508 e. The van der Waals surface area contributed by atoms with Crippen molar-refractivity contribution < 1.29 is 10.2 Å². The summed E-state index contributed by atoms with van der Waals surface area (Å²) in [6.45, 7) is 2.11. The molecule has 0 bridgehead atoms. The van der Waals surface area contributed by atoms with Gasteiger partial charge in [0.25, 0.3) is 0 Å². The standard InChI is InChI=1S/C12H18N2O2/c15-11-4-1-3-10(7-11)14-9-12(16)5-2-6-13-8-12/h1,3-4,7,13-16H,2,5-6,8-9H2. The van der Waals surface area contributed by atoms with Crippen LogP contribution in [0, 0.1) is 0 Å². The van der Waals surface area contributed by atoms with Crippen LogP contribution in [0.15, 0.2) is 24.3 Å². The van der Waals surface area contributed by atoms with E-state index in [0.29, 0.717) is 13.1 Å². The molecule has 1 saturated heterocycles. The summed E-state index contributed by atoms with van der Waals surface area (Å²) >= 11 is 0. The third-order valence-corrected chi connectivity index (χ3v) is 2.92. The predicted octanol–water partition coefficient (Wildman–Crippen LogP) is 0.919. The highest BCUT2D eigenvalue weighted by molar-refractivity contribution is 5.47. The highest BCUT2D eigenvalue weighted by Crippen LogP contribution is 2.19. The Morgan fingerprint density at radius 2 is 2.31 bits per heavy atom. The fourth-order valence-corrected chi connectivity index (χ4v) is 1.99. The second kappa shape index (κ2) is 4.72. The number of benzene rings is 1. The van der Waals surface area contributed by atoms with Gasteiger partial charge in [-0.2, -0.15) is 0 Å². The van der Waals surface area contributed by atoms with Crippen LogP contribution in [0.5, 0.6) is 5.75 Å². The van der Waals surface area contributed by atoms with Crippen LogP contribution in [0.2, 0.25) is 0 Å². The summed E-state index contributed by atoms with van der Waals surface area (Å²) in [6, 6.07) is 6.93. The van der Waals surface area contributed by atoms with Crippen molar-refractivity contribution in [3.8, 4) is 5.75 Å². The quantitative estimate of drug-likeness (QED) is 0.614. The van der Waals surface area contributed by atoms with Crippen molar-refractivity contribution in [2.75, 3.05) is 25.0 Å². The van der Waals surface area contributed by atoms with Gasteiger partial charge < -0.3 is 20.8 Å². The third kappa shape index (κ3) is 2.87. The number of rotatable bonds is 3. The maximum Gasteiger partial charge on any atom is 0.117 e. The van der Waals surface area contributed by atoms with Gasteiger partial charge in [-0.25, -0.2) is 0 Å². The number of phenols is 1. The van der Waals surface area contributed by atoms with Gasteiger partial charge in [0.05, 0.1) is 5.60 Å². The van der Waals surface area contributed by atoms with Crippen LogP contribution in [0.4, 0.5) is 5.69 Å². The van der Waals surface area contributed by atoms with Crippen LogP contribution in [0.3, 0.4) is 0 Å². The Bertz CT molecular complexity index is 349. The Morgan fingerprint density at radius 3 is 3.00 bits per heavy atom. The van der Waals surface area contributed by atoms with E-state index in [1.807, 2.05) is 6.07 Å². The molecule has 1 fully saturated rings. The van der Waals surface area contributed by atoms with Gasteiger partial charge in [0.1, 0.15) is 5.75 Å². The van der Waals surface area contributed by atoms with Crippen LogP contribution in [0.1, 0.15) is 12.8 Å². The lowest BCUT2D eigenvalue weighted by Gasteiger charge is -2.33. The number of anilines is 1. The zero-order valence-corrected chi connectivity index (χ0v) is 9.24. The van der Waals surface area contributed by atoms with Gasteiger partial charge in [0.15, 0.2) is 0 Å². The number of hydrogen-bond acceptors (Lipinski definition) is 4. The zero-order chi connectivity index (χ0) is 11.4. The number of aromatic hydroxyl groups is 1. The molecule has 2 rings (SSSR count). The first-order valence-electron chi connectivity index (χ1n) is 5.64. The van der Waals surface area contributed by atoms with Crippen molar-refractivity contribution in [2.24, 2.45) is 0 Å². The molecule has 1 atom stereocenters. The molecule has 1 aromatic carbocycles. The second-order valence-electron chi connectivity index (χ2n) is 4.41. The Morgan fingerprint density at radius 1 is 1.44 bits per heavy atom. The summed E-state index contributed by atoms with van der Waals surface area (Å²) in [5.74, 6) is 0.235. The number of phenolic OH excluding ortho intramolecular Hbond substituents is 1. The Hall–Kier alpha value is -1.26. The first-order chi connectivity index (χ1) is 7.68. The molecule has 88 valence electrons. The third-order valence-electron chi connectivity index (χ3n) is 2.92. The van der Waals surface area contributed by atoms with Crippen molar-refractivity contribution in [1.82, 2.24) is 5.32 Å². The minimum Gasteiger partial charge on any atom is -0.508 e. The van der Waals surface area contributed by atoms with E-state index in [1.165, 1.54) is 0 Å². The van der Waals surface area contributed by atoms with E-state index in [9.17, 15) is 10.2 Å². The number of hydrogen-bond donors (Lipinski definition) is 4. The monoisotopic (exact) mass is 222 g/mol. The second-order valence-corrected chi connectivity index (χ2v) is 4.41. The van der Waals surface area contributed by atoms with E-state index in [-0.39, 0.29) is 5.75 Å². The van der Waals surface area contributed by atoms with Crippen molar-refractivity contribution in [1.29, 1.82) is 0 Å². The molecule has 0 radical (unpaired) electrons. The molecule has 4 N–H and O–H groups in total. The summed E-state index contributed by atoms with van der Waals surface area (Å²) in [7, 11) is 0. The van der Waals surface area contributed by atoms with E-state index in [1.54, 1.807) is 18.2 Å². The Balaban J connectivity index is 1.91. The van der Waals surface area contributed by atoms with E-state index >= 15 is 0 Å². The number of nitrogens with one attached hydrogen (secondary N) is 2. The maximum atomic E-state index is 10.2. The molecule has 0 saturated carbocycles. The van der Waals surface area contributed by atoms with Crippen LogP contribution in [-0.4, -0.2) is 35.4 Å². The summed E-state index contributed by atoms with van der Waals surface area (Å²) in [5, 5.41) is 25.8. The van der Waals surface area contributed by atoms with Crippen LogP contribution in [0.25, 0.3) is 0 Å². The molecule has 4 nitrogen and oxygen atoms in total. The van der Waals surface area contributed by atoms with Gasteiger partial charge in [-0.05, 0) is 31.5 Å². The number of β-amino-alcohol motifs (C(OH)–C–C–N with tert-alkyl or cyclic N) is 1. The summed E-state index contributed by atoms with van der Waals surface area (Å²) < 4.78 is 0. The molecular weight excluding hydrogens is 204 g/mol. The highest BCUT2D eigenvalue weighted by Gasteiger charge is 2.28. The van der Waals surface area contributed by atoms with Crippen molar-refractivity contribution in [3.05, 3.63) is 24.3 Å². The van der Waals surface area contributed by atoms with E-state index < -0.39 is 5.60 Å². The minimum absolute atomic E-state index is 0.235. The highest BCUT2D eigenvalue weighted by atomic mass is 16.3. The zero-order valence-electron chi connectivity index (χ0n) is 9.24. The van der Waals surface area contributed by atoms with Gasteiger partial charge >= 0.3 is 0 Å². The molecule has 0 aromatic heterocycles. The van der Waals surface area contributed by atoms with Crippen molar-refractivity contribution >= 4 is 5.69 Å². The van der Waals surface area contributed by atoms with E-state index in [4.69, 9.17) is 0 Å². The molecule has 1 unspecified atom stereocenters. The lowest BCUT2D eigenvalue weighted by Crippen LogP contribution is -2.50. The molecule has 4 heteroatoms. The normalized spacial score (nSPS) is 25.3. The van der Waals surface area contributed by atoms with Gasteiger partial charge in [-0.15, -0.1) is 0 Å². The predicted molar refractivity (Wildman–Crippen MR) is 63.7 cm³/mol. The maximum absolute atomic E-state index is 10.2. The summed E-state index contributed by atoms with van der Waals surface area (Å²) in [6.07, 6.45) is 1.81. The molecule has 1 aromatic rings. The fourth-order valence-electron chi connectivity index (χ4n) is 1.99. The van der Waals surface area contributed by atoms with Crippen molar-refractivity contribution in [2.45, 2.75) is 18.4 Å². The van der Waals surface area contributed by atoms with Crippen molar-refractivity contribution in [3.63, 3.8) is 0 Å². The Labute approximate surface area is 95.3 Å². The minimum atomic E-state index is -0.677. The molecule has 1 aliphatic heterocycles. The first kappa shape index (κ1) is 11.2. The van der Waals surface area contributed by atoms with Crippen LogP contribution < -0.4 is 10.6 Å². The molecule has 0 spiro atoms. The molecule has 0 aliphatic carbocycles. The molecule has 1 aliphatic rings. The Kier molecular flexibility index (Phi) is 3.31. The summed E-state index contributed by atoms with van der Waals surface area (Å²) in [4.78, 5) is 0. The lowest BCUT2D eigenvalue weighted by atomic mass is 9.94.